The number of para-hydroxylation sites is 1. The number of carbonyl (C=O) groups excluding carboxylic acids is 1. The van der Waals surface area contributed by atoms with Gasteiger partial charge in [0.05, 0.1) is 22.1 Å². The topological polar surface area (TPSA) is 116 Å². The van der Waals surface area contributed by atoms with E-state index in [-0.39, 0.29) is 23.3 Å². The highest BCUT2D eigenvalue weighted by atomic mass is 79.9. The zero-order valence-corrected chi connectivity index (χ0v) is 21.3. The molecule has 0 fully saturated rings. The van der Waals surface area contributed by atoms with Crippen molar-refractivity contribution in [3.05, 3.63) is 87.1 Å². The lowest BCUT2D eigenvalue weighted by molar-refractivity contribution is -0.384. The maximum absolute atomic E-state index is 12.7. The molecule has 0 aliphatic carbocycles. The Morgan fingerprint density at radius 2 is 1.97 bits per heavy atom. The average molecular weight is 553 g/mol. The minimum atomic E-state index is -0.492. The highest BCUT2D eigenvalue weighted by molar-refractivity contribution is 9.10. The highest BCUT2D eigenvalue weighted by Crippen LogP contribution is 2.32. The summed E-state index contributed by atoms with van der Waals surface area (Å²) in [6.45, 7) is 4.24. The number of rotatable bonds is 8. The largest absolute Gasteiger partial charge is 0.324 e. The second-order valence-electron chi connectivity index (χ2n) is 7.85. The fourth-order valence-corrected chi connectivity index (χ4v) is 4.69. The summed E-state index contributed by atoms with van der Waals surface area (Å²) in [5.74, 6) is 0.681. The smallest absolute Gasteiger partial charge is 0.270 e. The van der Waals surface area contributed by atoms with Crippen LogP contribution in [0.15, 0.2) is 76.6 Å². The first-order valence-corrected chi connectivity index (χ1v) is 12.4. The first kappa shape index (κ1) is 24.6. The Bertz CT molecular complexity index is 1380. The van der Waals surface area contributed by atoms with E-state index in [1.165, 1.54) is 30.0 Å². The molecule has 1 N–H and O–H groups in total. The molecule has 2 aromatic heterocycles. The van der Waals surface area contributed by atoms with Crippen LogP contribution in [0.3, 0.4) is 0 Å². The van der Waals surface area contributed by atoms with Crippen LogP contribution in [0.2, 0.25) is 0 Å². The minimum absolute atomic E-state index is 0.0656. The predicted octanol–water partition coefficient (Wildman–Crippen LogP) is 5.85. The number of nitro groups is 1. The quantitative estimate of drug-likeness (QED) is 0.165. The van der Waals surface area contributed by atoms with Gasteiger partial charge in [-0.2, -0.15) is 0 Å². The molecule has 178 valence electrons. The normalized spacial score (nSPS) is 11.0. The average Bonchev–Trinajstić information content (AvgIpc) is 3.28. The lowest BCUT2D eigenvalue weighted by Crippen LogP contribution is -2.15. The van der Waals surface area contributed by atoms with Crippen LogP contribution in [-0.2, 0) is 4.79 Å². The molecule has 0 aliphatic rings. The van der Waals surface area contributed by atoms with E-state index in [0.29, 0.717) is 21.1 Å². The SMILES string of the molecule is CC(C)c1ccccc1-n1c(SCC(=O)Nc2ccc([N+](=O)[O-])cc2Br)nnc1-c1cccnc1. The maximum atomic E-state index is 12.7. The van der Waals surface area contributed by atoms with Gasteiger partial charge >= 0.3 is 0 Å². The molecular formula is C24H21BrN6O3S. The Morgan fingerprint density at radius 1 is 1.17 bits per heavy atom. The first-order valence-electron chi connectivity index (χ1n) is 10.7. The number of nitro benzene ring substituents is 1. The number of anilines is 1. The molecule has 35 heavy (non-hydrogen) atoms. The summed E-state index contributed by atoms with van der Waals surface area (Å²) in [6, 6.07) is 16.0. The van der Waals surface area contributed by atoms with Gasteiger partial charge in [-0.3, -0.25) is 24.5 Å². The molecule has 4 rings (SSSR count). The van der Waals surface area contributed by atoms with Crippen molar-refractivity contribution in [2.75, 3.05) is 11.1 Å². The number of hydrogen-bond acceptors (Lipinski definition) is 7. The van der Waals surface area contributed by atoms with E-state index in [2.05, 4.69) is 56.3 Å². The first-order chi connectivity index (χ1) is 16.8. The molecule has 9 nitrogen and oxygen atoms in total. The Hall–Kier alpha value is -3.57. The molecule has 0 atom stereocenters. The summed E-state index contributed by atoms with van der Waals surface area (Å²) in [5, 5.41) is 23.1. The lowest BCUT2D eigenvalue weighted by Gasteiger charge is -2.16. The highest BCUT2D eigenvalue weighted by Gasteiger charge is 2.20. The van der Waals surface area contributed by atoms with Gasteiger partial charge in [0.25, 0.3) is 5.69 Å². The van der Waals surface area contributed by atoms with Crippen molar-refractivity contribution in [3.63, 3.8) is 0 Å². The van der Waals surface area contributed by atoms with Crippen molar-refractivity contribution in [1.29, 1.82) is 0 Å². The van der Waals surface area contributed by atoms with E-state index in [1.807, 2.05) is 34.9 Å². The standard InChI is InChI=1S/C24H21BrN6O3S/c1-15(2)18-7-3-4-8-21(18)30-23(16-6-5-11-26-13-16)28-29-24(30)35-14-22(32)27-20-10-9-17(31(33)34)12-19(20)25/h3-13,15H,14H2,1-2H3,(H,27,32). The van der Waals surface area contributed by atoms with E-state index >= 15 is 0 Å². The fourth-order valence-electron chi connectivity index (χ4n) is 3.48. The van der Waals surface area contributed by atoms with Crippen LogP contribution in [0.1, 0.15) is 25.3 Å². The van der Waals surface area contributed by atoms with Crippen molar-refractivity contribution >= 4 is 45.0 Å². The van der Waals surface area contributed by atoms with Crippen LogP contribution < -0.4 is 5.32 Å². The molecule has 0 radical (unpaired) electrons. The number of nitrogens with zero attached hydrogens (tertiary/aromatic N) is 5. The summed E-state index contributed by atoms with van der Waals surface area (Å²) >= 11 is 4.53. The van der Waals surface area contributed by atoms with E-state index in [1.54, 1.807) is 12.4 Å². The van der Waals surface area contributed by atoms with Gasteiger partial charge in [-0.05, 0) is 51.7 Å². The summed E-state index contributed by atoms with van der Waals surface area (Å²) < 4.78 is 2.38. The molecule has 2 heterocycles. The van der Waals surface area contributed by atoms with Crippen LogP contribution in [-0.4, -0.2) is 36.3 Å². The third-order valence-electron chi connectivity index (χ3n) is 5.12. The number of non-ortho nitro benzene ring substituents is 1. The Morgan fingerprint density at radius 3 is 2.66 bits per heavy atom. The maximum Gasteiger partial charge on any atom is 0.270 e. The van der Waals surface area contributed by atoms with Crippen LogP contribution >= 0.6 is 27.7 Å². The van der Waals surface area contributed by atoms with Gasteiger partial charge in [0.1, 0.15) is 0 Å². The van der Waals surface area contributed by atoms with Gasteiger partial charge < -0.3 is 5.32 Å². The zero-order valence-electron chi connectivity index (χ0n) is 18.9. The van der Waals surface area contributed by atoms with Crippen molar-refractivity contribution in [2.45, 2.75) is 24.9 Å². The van der Waals surface area contributed by atoms with Crippen LogP contribution in [0.4, 0.5) is 11.4 Å². The number of aromatic nitrogens is 4. The third-order valence-corrected chi connectivity index (χ3v) is 6.71. The molecule has 0 saturated heterocycles. The third kappa shape index (κ3) is 5.57. The molecular weight excluding hydrogens is 532 g/mol. The predicted molar refractivity (Wildman–Crippen MR) is 139 cm³/mol. The van der Waals surface area contributed by atoms with Gasteiger partial charge in [0.15, 0.2) is 11.0 Å². The Labute approximate surface area is 214 Å². The molecule has 0 aliphatic heterocycles. The van der Waals surface area contributed by atoms with Gasteiger partial charge in [-0.1, -0.05) is 43.8 Å². The number of halogens is 1. The van der Waals surface area contributed by atoms with E-state index in [0.717, 1.165) is 16.8 Å². The molecule has 0 spiro atoms. The number of carbonyl (C=O) groups is 1. The summed E-state index contributed by atoms with van der Waals surface area (Å²) in [4.78, 5) is 27.4. The van der Waals surface area contributed by atoms with Crippen molar-refractivity contribution in [2.24, 2.45) is 0 Å². The van der Waals surface area contributed by atoms with Crippen LogP contribution in [0, 0.1) is 10.1 Å². The lowest BCUT2D eigenvalue weighted by atomic mass is 10.0. The fraction of sp³-hybridized carbons (Fsp3) is 0.167. The molecule has 0 saturated carbocycles. The number of amides is 1. The molecule has 1 amide bonds. The zero-order chi connectivity index (χ0) is 24.9. The van der Waals surface area contributed by atoms with Crippen molar-refractivity contribution < 1.29 is 9.72 Å². The van der Waals surface area contributed by atoms with E-state index in [4.69, 9.17) is 0 Å². The summed E-state index contributed by atoms with van der Waals surface area (Å²) in [7, 11) is 0. The van der Waals surface area contributed by atoms with E-state index < -0.39 is 4.92 Å². The number of thioether (sulfide) groups is 1. The molecule has 11 heteroatoms. The number of pyridine rings is 1. The number of hydrogen-bond donors (Lipinski definition) is 1. The Kier molecular flexibility index (Phi) is 7.57. The molecule has 0 unspecified atom stereocenters. The van der Waals surface area contributed by atoms with Gasteiger partial charge in [0, 0.05) is 34.6 Å². The summed E-state index contributed by atoms with van der Waals surface area (Å²) in [6.07, 6.45) is 3.42. The van der Waals surface area contributed by atoms with Gasteiger partial charge in [-0.15, -0.1) is 10.2 Å². The van der Waals surface area contributed by atoms with Gasteiger partial charge in [-0.25, -0.2) is 0 Å². The summed E-state index contributed by atoms with van der Waals surface area (Å²) in [5.41, 5.74) is 3.25. The van der Waals surface area contributed by atoms with Crippen LogP contribution in [0.5, 0.6) is 0 Å². The second-order valence-corrected chi connectivity index (χ2v) is 9.65. The monoisotopic (exact) mass is 552 g/mol. The van der Waals surface area contributed by atoms with Gasteiger partial charge in [0.2, 0.25) is 5.91 Å². The number of nitrogens with one attached hydrogen (secondary N) is 1. The molecule has 4 aromatic rings. The molecule has 2 aromatic carbocycles. The van der Waals surface area contributed by atoms with Crippen molar-refractivity contribution in [3.8, 4) is 17.1 Å². The number of benzene rings is 2. The van der Waals surface area contributed by atoms with Crippen LogP contribution in [0.25, 0.3) is 17.1 Å². The molecule has 0 bridgehead atoms. The van der Waals surface area contributed by atoms with Crippen molar-refractivity contribution in [1.82, 2.24) is 19.7 Å². The Balaban J connectivity index is 1.62. The minimum Gasteiger partial charge on any atom is -0.324 e. The second kappa shape index (κ2) is 10.8. The van der Waals surface area contributed by atoms with E-state index in [9.17, 15) is 14.9 Å².